The summed E-state index contributed by atoms with van der Waals surface area (Å²) < 4.78 is 5.03. The van der Waals surface area contributed by atoms with Crippen molar-refractivity contribution in [3.8, 4) is 0 Å². The molecule has 0 aliphatic heterocycles. The molecule has 136 valence electrons. The molecular weight excluding hydrogens is 350 g/mol. The first-order valence-electron chi connectivity index (χ1n) is 8.30. The van der Waals surface area contributed by atoms with Crippen LogP contribution in [0.2, 0.25) is 0 Å². The summed E-state index contributed by atoms with van der Waals surface area (Å²) in [5.41, 5.74) is 3.33. The molecule has 0 radical (unpaired) electrons. The minimum absolute atomic E-state index is 0.222. The van der Waals surface area contributed by atoms with Crippen molar-refractivity contribution in [2.24, 2.45) is 0 Å². The number of rotatable bonds is 5. The Bertz CT molecular complexity index is 1040. The number of nitrogens with zero attached hydrogens (tertiary/aromatic N) is 1. The third kappa shape index (κ3) is 3.54. The predicted octanol–water partition coefficient (Wildman–Crippen LogP) is 3.35. The fraction of sp³-hybridized carbons (Fsp3) is 0.316. The van der Waals surface area contributed by atoms with E-state index >= 15 is 0 Å². The van der Waals surface area contributed by atoms with Crippen molar-refractivity contribution >= 4 is 33.1 Å². The number of methoxy groups -OCH3 is 1. The number of aromatic amines is 1. The summed E-state index contributed by atoms with van der Waals surface area (Å²) in [7, 11) is 1.60. The lowest BCUT2D eigenvalue weighted by atomic mass is 10.1. The molecule has 2 aromatic heterocycles. The molecule has 2 heterocycles. The lowest BCUT2D eigenvalue weighted by molar-refractivity contribution is 0.103. The maximum atomic E-state index is 12.7. The van der Waals surface area contributed by atoms with Gasteiger partial charge in [-0.05, 0) is 38.0 Å². The quantitative estimate of drug-likeness (QED) is 0.720. The Kier molecular flexibility index (Phi) is 5.20. The molecule has 1 aromatic carbocycles. The second-order valence-electron chi connectivity index (χ2n) is 6.26. The van der Waals surface area contributed by atoms with Gasteiger partial charge in [0, 0.05) is 19.2 Å². The van der Waals surface area contributed by atoms with Gasteiger partial charge < -0.3 is 15.0 Å². The summed E-state index contributed by atoms with van der Waals surface area (Å²) in [6, 6.07) is 5.86. The molecular formula is C19H21N3O3S. The molecule has 0 bridgehead atoms. The van der Waals surface area contributed by atoms with E-state index in [1.54, 1.807) is 14.0 Å². The van der Waals surface area contributed by atoms with Gasteiger partial charge in [-0.2, -0.15) is 0 Å². The number of carbonyl (C=O) groups excluding carboxylic acids is 1. The Balaban J connectivity index is 1.96. The van der Waals surface area contributed by atoms with Crippen molar-refractivity contribution in [1.82, 2.24) is 9.97 Å². The second kappa shape index (κ2) is 7.39. The van der Waals surface area contributed by atoms with E-state index in [2.05, 4.69) is 15.3 Å². The first kappa shape index (κ1) is 18.3. The number of amides is 1. The van der Waals surface area contributed by atoms with E-state index in [1.807, 2.05) is 32.0 Å². The van der Waals surface area contributed by atoms with Crippen LogP contribution in [-0.4, -0.2) is 29.6 Å². The largest absolute Gasteiger partial charge is 0.384 e. The van der Waals surface area contributed by atoms with E-state index in [0.29, 0.717) is 39.5 Å². The fourth-order valence-corrected chi connectivity index (χ4v) is 3.95. The number of fused-ring (bicyclic) bond motifs is 1. The Hall–Kier alpha value is -2.51. The van der Waals surface area contributed by atoms with Crippen molar-refractivity contribution < 1.29 is 9.53 Å². The number of hydrogen-bond donors (Lipinski definition) is 2. The predicted molar refractivity (Wildman–Crippen MR) is 104 cm³/mol. The second-order valence-corrected chi connectivity index (χ2v) is 7.26. The van der Waals surface area contributed by atoms with Gasteiger partial charge in [0.25, 0.3) is 11.5 Å². The summed E-state index contributed by atoms with van der Waals surface area (Å²) in [6.07, 6.45) is 0.517. The van der Waals surface area contributed by atoms with Gasteiger partial charge in [-0.3, -0.25) is 9.59 Å². The number of nitrogens with one attached hydrogen (secondary N) is 2. The third-order valence-electron chi connectivity index (χ3n) is 4.23. The van der Waals surface area contributed by atoms with Crippen LogP contribution < -0.4 is 10.9 Å². The standard InChI is InChI=1S/C19H21N3O3S/c1-10-5-6-13(11(2)9-10)20-18(24)16-12(3)15-17(23)21-14(7-8-25-4)22-19(15)26-16/h5-6,9H,7-8H2,1-4H3,(H,20,24)(H,21,22,23). The van der Waals surface area contributed by atoms with Gasteiger partial charge in [-0.15, -0.1) is 11.3 Å². The van der Waals surface area contributed by atoms with Crippen LogP contribution in [0, 0.1) is 20.8 Å². The summed E-state index contributed by atoms with van der Waals surface area (Å²) in [6.45, 7) is 6.21. The minimum atomic E-state index is -0.227. The number of thiophene rings is 1. The zero-order valence-electron chi connectivity index (χ0n) is 15.2. The van der Waals surface area contributed by atoms with Crippen LogP contribution in [-0.2, 0) is 11.2 Å². The molecule has 0 spiro atoms. The molecule has 0 fully saturated rings. The molecule has 2 N–H and O–H groups in total. The zero-order valence-corrected chi connectivity index (χ0v) is 16.0. The highest BCUT2D eigenvalue weighted by molar-refractivity contribution is 7.20. The Morgan fingerprint density at radius 1 is 1.31 bits per heavy atom. The molecule has 1 amide bonds. The fourth-order valence-electron chi connectivity index (χ4n) is 2.86. The van der Waals surface area contributed by atoms with Gasteiger partial charge in [0.15, 0.2) is 0 Å². The molecule has 0 aliphatic carbocycles. The van der Waals surface area contributed by atoms with Gasteiger partial charge in [-0.1, -0.05) is 17.7 Å². The van der Waals surface area contributed by atoms with Crippen LogP contribution in [0.1, 0.15) is 32.2 Å². The highest BCUT2D eigenvalue weighted by atomic mass is 32.1. The van der Waals surface area contributed by atoms with E-state index < -0.39 is 0 Å². The topological polar surface area (TPSA) is 84.1 Å². The van der Waals surface area contributed by atoms with Crippen LogP contribution in [0.15, 0.2) is 23.0 Å². The highest BCUT2D eigenvalue weighted by Crippen LogP contribution is 2.28. The monoisotopic (exact) mass is 371 g/mol. The molecule has 3 rings (SSSR count). The first-order valence-corrected chi connectivity index (χ1v) is 9.12. The van der Waals surface area contributed by atoms with Crippen molar-refractivity contribution in [3.63, 3.8) is 0 Å². The van der Waals surface area contributed by atoms with E-state index in [-0.39, 0.29) is 11.5 Å². The summed E-state index contributed by atoms with van der Waals surface area (Å²) in [4.78, 5) is 33.5. The Morgan fingerprint density at radius 2 is 2.08 bits per heavy atom. The number of hydrogen-bond acceptors (Lipinski definition) is 5. The number of anilines is 1. The molecule has 26 heavy (non-hydrogen) atoms. The molecule has 7 heteroatoms. The van der Waals surface area contributed by atoms with E-state index in [0.717, 1.165) is 16.8 Å². The van der Waals surface area contributed by atoms with Gasteiger partial charge in [-0.25, -0.2) is 4.98 Å². The van der Waals surface area contributed by atoms with Crippen LogP contribution >= 0.6 is 11.3 Å². The number of aromatic nitrogens is 2. The van der Waals surface area contributed by atoms with Crippen molar-refractivity contribution in [1.29, 1.82) is 0 Å². The van der Waals surface area contributed by atoms with Gasteiger partial charge in [0.1, 0.15) is 10.7 Å². The average Bonchev–Trinajstić information content (AvgIpc) is 2.92. The minimum Gasteiger partial charge on any atom is -0.384 e. The van der Waals surface area contributed by atoms with Crippen molar-refractivity contribution in [2.45, 2.75) is 27.2 Å². The van der Waals surface area contributed by atoms with Gasteiger partial charge in [0.2, 0.25) is 0 Å². The van der Waals surface area contributed by atoms with Crippen LogP contribution in [0.3, 0.4) is 0 Å². The maximum Gasteiger partial charge on any atom is 0.266 e. The number of carbonyl (C=O) groups is 1. The molecule has 6 nitrogen and oxygen atoms in total. The smallest absolute Gasteiger partial charge is 0.266 e. The third-order valence-corrected chi connectivity index (χ3v) is 5.41. The maximum absolute atomic E-state index is 12.7. The number of H-pyrrole nitrogens is 1. The van der Waals surface area contributed by atoms with Gasteiger partial charge in [0.05, 0.1) is 16.9 Å². The molecule has 3 aromatic rings. The molecule has 0 atom stereocenters. The van der Waals surface area contributed by atoms with Gasteiger partial charge >= 0.3 is 0 Å². The van der Waals surface area contributed by atoms with Crippen molar-refractivity contribution in [2.75, 3.05) is 19.0 Å². The Labute approximate surface area is 155 Å². The molecule has 0 aliphatic rings. The molecule has 0 saturated carbocycles. The van der Waals surface area contributed by atoms with Crippen molar-refractivity contribution in [3.05, 3.63) is 55.9 Å². The summed E-state index contributed by atoms with van der Waals surface area (Å²) in [5.74, 6) is 0.335. The van der Waals surface area contributed by atoms with Crippen LogP contribution in [0.5, 0.6) is 0 Å². The van der Waals surface area contributed by atoms with Crippen LogP contribution in [0.25, 0.3) is 10.2 Å². The lowest BCUT2D eigenvalue weighted by Crippen LogP contribution is -2.14. The van der Waals surface area contributed by atoms with E-state index in [1.165, 1.54) is 11.3 Å². The first-order chi connectivity index (χ1) is 12.4. The summed E-state index contributed by atoms with van der Waals surface area (Å²) in [5, 5.41) is 3.41. The molecule has 0 unspecified atom stereocenters. The SMILES string of the molecule is COCCc1nc2sc(C(=O)Nc3ccc(C)cc3C)c(C)c2c(=O)[nH]1. The number of ether oxygens (including phenoxy) is 1. The number of aryl methyl sites for hydroxylation is 3. The summed E-state index contributed by atoms with van der Waals surface area (Å²) >= 11 is 1.24. The lowest BCUT2D eigenvalue weighted by Gasteiger charge is -2.08. The molecule has 0 saturated heterocycles. The highest BCUT2D eigenvalue weighted by Gasteiger charge is 2.19. The average molecular weight is 371 g/mol. The van der Waals surface area contributed by atoms with E-state index in [9.17, 15) is 9.59 Å². The number of benzene rings is 1. The van der Waals surface area contributed by atoms with Crippen LogP contribution in [0.4, 0.5) is 5.69 Å². The Morgan fingerprint density at radius 3 is 2.77 bits per heavy atom. The van der Waals surface area contributed by atoms with E-state index in [4.69, 9.17) is 4.74 Å². The normalized spacial score (nSPS) is 11.1. The zero-order chi connectivity index (χ0) is 18.8.